The van der Waals surface area contributed by atoms with Gasteiger partial charge in [0.15, 0.2) is 0 Å². The summed E-state index contributed by atoms with van der Waals surface area (Å²) in [5.74, 6) is -0.607. The quantitative estimate of drug-likeness (QED) is 0.0323. The van der Waals surface area contributed by atoms with E-state index in [9.17, 15) is 19.8 Å². The van der Waals surface area contributed by atoms with Crippen molar-refractivity contribution in [3.05, 3.63) is 36.5 Å². The van der Waals surface area contributed by atoms with Gasteiger partial charge in [-0.2, -0.15) is 0 Å². The maximum atomic E-state index is 13.1. The van der Waals surface area contributed by atoms with Crippen LogP contribution in [0.15, 0.2) is 36.5 Å². The molecule has 6 heteroatoms. The fourth-order valence-corrected chi connectivity index (χ4v) is 7.57. The van der Waals surface area contributed by atoms with Gasteiger partial charge in [0.1, 0.15) is 6.10 Å². The Bertz CT molecular complexity index is 961. The molecule has 340 valence electrons. The van der Waals surface area contributed by atoms with Gasteiger partial charge in [0.05, 0.1) is 25.2 Å². The maximum absolute atomic E-state index is 13.1. The summed E-state index contributed by atoms with van der Waals surface area (Å²) in [6.45, 7) is 6.43. The third kappa shape index (κ3) is 40.8. The molecule has 0 rings (SSSR count). The molecule has 0 aliphatic heterocycles. The van der Waals surface area contributed by atoms with E-state index in [1.165, 1.54) is 161 Å². The van der Waals surface area contributed by atoms with Gasteiger partial charge in [-0.15, -0.1) is 0 Å². The molecule has 0 aromatic carbocycles. The Morgan fingerprint density at radius 2 is 0.914 bits per heavy atom. The topological polar surface area (TPSA) is 95.9 Å². The lowest BCUT2D eigenvalue weighted by atomic mass is 10.0. The molecule has 0 radical (unpaired) electrons. The summed E-state index contributed by atoms with van der Waals surface area (Å²) < 4.78 is 5.82. The van der Waals surface area contributed by atoms with E-state index in [0.29, 0.717) is 12.8 Å². The number of nitrogens with one attached hydrogen (secondary N) is 1. The Balaban J connectivity index is 4.58. The number of aliphatic hydroxyl groups is 2. The summed E-state index contributed by atoms with van der Waals surface area (Å²) in [6, 6.07) is -0.730. The van der Waals surface area contributed by atoms with Gasteiger partial charge in [-0.05, 0) is 63.9 Å². The molecule has 0 aliphatic carbocycles. The zero-order valence-electron chi connectivity index (χ0n) is 38.7. The van der Waals surface area contributed by atoms with Crippen LogP contribution in [0.4, 0.5) is 0 Å². The van der Waals surface area contributed by atoms with E-state index in [1.807, 2.05) is 12.2 Å². The number of esters is 1. The molecule has 3 unspecified atom stereocenters. The third-order valence-corrected chi connectivity index (χ3v) is 11.4. The Morgan fingerprint density at radius 1 is 0.517 bits per heavy atom. The van der Waals surface area contributed by atoms with Crippen molar-refractivity contribution in [1.29, 1.82) is 0 Å². The van der Waals surface area contributed by atoms with Crippen LogP contribution in [-0.4, -0.2) is 46.9 Å². The minimum absolute atomic E-state index is 0.0299. The summed E-state index contributed by atoms with van der Waals surface area (Å²) in [4.78, 5) is 26.0. The van der Waals surface area contributed by atoms with E-state index < -0.39 is 18.2 Å². The standard InChI is InChI=1S/C52H97NO5/c1-4-7-10-13-16-19-22-23-24-25-26-27-28-30-33-36-39-42-45-52(57)58-48(43-40-37-34-31-29-20-17-14-11-8-5-2)46-51(56)53-49(47-54)50(55)44-41-38-35-32-21-18-15-12-9-6-3/h26-27,31,34,40,43,48-50,54-55H,4-25,28-30,32-33,35-39,41-42,44-47H2,1-3H3,(H,53,56)/b27-26+,34-31-,43-40+. The Hall–Kier alpha value is -1.92. The highest BCUT2D eigenvalue weighted by Gasteiger charge is 2.23. The first-order valence-corrected chi connectivity index (χ1v) is 25.2. The second kappa shape index (κ2) is 46.2. The molecule has 0 aromatic heterocycles. The van der Waals surface area contributed by atoms with Gasteiger partial charge in [0.25, 0.3) is 0 Å². The number of rotatable bonds is 45. The van der Waals surface area contributed by atoms with E-state index in [0.717, 1.165) is 57.8 Å². The zero-order chi connectivity index (χ0) is 42.4. The molecule has 3 atom stereocenters. The molecule has 0 saturated heterocycles. The number of carbonyl (C=O) groups excluding carboxylic acids is 2. The normalized spacial score (nSPS) is 13.5. The van der Waals surface area contributed by atoms with Crippen molar-refractivity contribution in [2.45, 2.75) is 277 Å². The van der Waals surface area contributed by atoms with Gasteiger partial charge in [0, 0.05) is 6.42 Å². The summed E-state index contributed by atoms with van der Waals surface area (Å²) in [5, 5.41) is 23.6. The van der Waals surface area contributed by atoms with Gasteiger partial charge < -0.3 is 20.3 Å². The van der Waals surface area contributed by atoms with Crippen LogP contribution in [0.1, 0.15) is 258 Å². The van der Waals surface area contributed by atoms with Crippen molar-refractivity contribution in [3.8, 4) is 0 Å². The average molecular weight is 816 g/mol. The fraction of sp³-hybridized carbons (Fsp3) is 0.846. The number of amides is 1. The Kier molecular flexibility index (Phi) is 44.6. The summed E-state index contributed by atoms with van der Waals surface area (Å²) in [7, 11) is 0. The molecule has 58 heavy (non-hydrogen) atoms. The van der Waals surface area contributed by atoms with Crippen molar-refractivity contribution in [2.75, 3.05) is 6.61 Å². The average Bonchev–Trinajstić information content (AvgIpc) is 3.22. The van der Waals surface area contributed by atoms with Crippen molar-refractivity contribution < 1.29 is 24.5 Å². The molecule has 0 aromatic rings. The van der Waals surface area contributed by atoms with Crippen molar-refractivity contribution in [1.82, 2.24) is 5.32 Å². The summed E-state index contributed by atoms with van der Waals surface area (Å²) in [6.07, 6.45) is 53.8. The Morgan fingerprint density at radius 3 is 1.36 bits per heavy atom. The lowest BCUT2D eigenvalue weighted by Gasteiger charge is -2.23. The Labute approximate surface area is 360 Å². The van der Waals surface area contributed by atoms with Crippen molar-refractivity contribution in [3.63, 3.8) is 0 Å². The van der Waals surface area contributed by atoms with E-state index in [-0.39, 0.29) is 24.9 Å². The second-order valence-electron chi connectivity index (χ2n) is 17.2. The third-order valence-electron chi connectivity index (χ3n) is 11.4. The van der Waals surface area contributed by atoms with Crippen LogP contribution >= 0.6 is 0 Å². The van der Waals surface area contributed by atoms with Crippen LogP contribution < -0.4 is 5.32 Å². The fourth-order valence-electron chi connectivity index (χ4n) is 7.57. The number of unbranched alkanes of at least 4 members (excludes halogenated alkanes) is 29. The first-order chi connectivity index (χ1) is 28.5. The largest absolute Gasteiger partial charge is 0.458 e. The molecular weight excluding hydrogens is 719 g/mol. The summed E-state index contributed by atoms with van der Waals surface area (Å²) >= 11 is 0. The van der Waals surface area contributed by atoms with Gasteiger partial charge in [-0.25, -0.2) is 0 Å². The van der Waals surface area contributed by atoms with Gasteiger partial charge in [-0.3, -0.25) is 9.59 Å². The molecule has 1 amide bonds. The number of carbonyl (C=O) groups is 2. The molecule has 6 nitrogen and oxygen atoms in total. The molecule has 0 saturated carbocycles. The van der Waals surface area contributed by atoms with E-state index in [2.05, 4.69) is 50.4 Å². The highest BCUT2D eigenvalue weighted by Crippen LogP contribution is 2.16. The SMILES string of the molecule is CCCCCCCC/C=C\C/C=C/C(CC(=O)NC(CO)C(O)CCCCCCCCCCCC)OC(=O)CCCCCCC/C=C/CCCCCCCCCCC. The highest BCUT2D eigenvalue weighted by atomic mass is 16.5. The minimum Gasteiger partial charge on any atom is -0.458 e. The number of allylic oxidation sites excluding steroid dienone is 5. The predicted octanol–water partition coefficient (Wildman–Crippen LogP) is 14.9. The smallest absolute Gasteiger partial charge is 0.306 e. The molecule has 0 heterocycles. The van der Waals surface area contributed by atoms with Crippen molar-refractivity contribution >= 4 is 11.9 Å². The zero-order valence-corrected chi connectivity index (χ0v) is 38.7. The van der Waals surface area contributed by atoms with E-state index >= 15 is 0 Å². The first-order valence-electron chi connectivity index (χ1n) is 25.2. The monoisotopic (exact) mass is 816 g/mol. The van der Waals surface area contributed by atoms with Crippen LogP contribution in [0.5, 0.6) is 0 Å². The lowest BCUT2D eigenvalue weighted by molar-refractivity contribution is -0.148. The van der Waals surface area contributed by atoms with Crippen molar-refractivity contribution in [2.24, 2.45) is 0 Å². The number of aliphatic hydroxyl groups excluding tert-OH is 2. The maximum Gasteiger partial charge on any atom is 0.306 e. The molecule has 0 fully saturated rings. The van der Waals surface area contributed by atoms with Gasteiger partial charge in [-0.1, -0.05) is 218 Å². The summed E-state index contributed by atoms with van der Waals surface area (Å²) in [5.41, 5.74) is 0. The number of hydrogen-bond acceptors (Lipinski definition) is 5. The molecule has 0 aliphatic rings. The minimum atomic E-state index is -0.808. The number of ether oxygens (including phenoxy) is 1. The van der Waals surface area contributed by atoms with Gasteiger partial charge in [0.2, 0.25) is 5.91 Å². The van der Waals surface area contributed by atoms with E-state index in [4.69, 9.17) is 4.74 Å². The van der Waals surface area contributed by atoms with E-state index in [1.54, 1.807) is 0 Å². The van der Waals surface area contributed by atoms with Crippen LogP contribution in [0.2, 0.25) is 0 Å². The lowest BCUT2D eigenvalue weighted by Crippen LogP contribution is -2.46. The second-order valence-corrected chi connectivity index (χ2v) is 17.2. The molecule has 0 spiro atoms. The molecule has 0 bridgehead atoms. The van der Waals surface area contributed by atoms with Crippen LogP contribution in [0.25, 0.3) is 0 Å². The van der Waals surface area contributed by atoms with Crippen LogP contribution in [0, 0.1) is 0 Å². The van der Waals surface area contributed by atoms with Crippen LogP contribution in [0.3, 0.4) is 0 Å². The molecular formula is C52H97NO5. The number of hydrogen-bond donors (Lipinski definition) is 3. The predicted molar refractivity (Wildman–Crippen MR) is 250 cm³/mol. The van der Waals surface area contributed by atoms with Gasteiger partial charge >= 0.3 is 5.97 Å². The molecule has 3 N–H and O–H groups in total. The van der Waals surface area contributed by atoms with Crippen LogP contribution in [-0.2, 0) is 14.3 Å². The highest BCUT2D eigenvalue weighted by molar-refractivity contribution is 5.78. The first kappa shape index (κ1) is 56.1.